The lowest BCUT2D eigenvalue weighted by Gasteiger charge is -2.34. The molecule has 2 saturated carbocycles. The number of nitrogens with one attached hydrogen (secondary N) is 2. The molecule has 0 radical (unpaired) electrons. The van der Waals surface area contributed by atoms with E-state index in [2.05, 4.69) is 42.9 Å². The number of alkyl halides is 5. The zero-order chi connectivity index (χ0) is 49.0. The number of rotatable bonds is 12. The van der Waals surface area contributed by atoms with Gasteiger partial charge in [-0.1, -0.05) is 28.7 Å². The number of halogens is 8. The van der Waals surface area contributed by atoms with Crippen LogP contribution in [0.25, 0.3) is 22.0 Å². The summed E-state index contributed by atoms with van der Waals surface area (Å²) in [5.41, 5.74) is -3.81. The second-order valence-corrected chi connectivity index (χ2v) is 21.5. The highest BCUT2D eigenvalue weighted by atomic mass is 35.5. The quantitative estimate of drug-likeness (QED) is 0.0789. The Hall–Kier alpha value is -6.05. The third-order valence-electron chi connectivity index (χ3n) is 12.5. The van der Waals surface area contributed by atoms with Gasteiger partial charge in [-0.2, -0.15) is 32.1 Å². The van der Waals surface area contributed by atoms with Gasteiger partial charge in [0.2, 0.25) is 11.8 Å². The third-order valence-corrected chi connectivity index (χ3v) is 15.7. The number of aromatic nitrogens is 7. The number of carbonyl (C=O) groups excluding carboxylic acids is 1. The number of nitrogens with zero attached hydrogens (tertiary/aromatic N) is 7. The molecular formula is C45H41ClF7N9O5S. The molecule has 3 aliphatic rings. The molecule has 14 nitrogen and oxygen atoms in total. The van der Waals surface area contributed by atoms with Crippen molar-refractivity contribution in [3.63, 3.8) is 0 Å². The van der Waals surface area contributed by atoms with Crippen LogP contribution in [0.3, 0.4) is 0 Å². The second-order valence-electron chi connectivity index (χ2n) is 18.3. The maximum atomic E-state index is 15.8. The Kier molecular flexibility index (Phi) is 11.3. The van der Waals surface area contributed by atoms with Crippen LogP contribution in [0.4, 0.5) is 42.6 Å². The summed E-state index contributed by atoms with van der Waals surface area (Å²) >= 11 is 6.81. The highest BCUT2D eigenvalue weighted by Crippen LogP contribution is 2.64. The maximum absolute atomic E-state index is 15.8. The topological polar surface area (TPSA) is 183 Å². The van der Waals surface area contributed by atoms with Crippen LogP contribution in [0.5, 0.6) is 0 Å². The summed E-state index contributed by atoms with van der Waals surface area (Å²) in [6.07, 6.45) is -4.50. The van der Waals surface area contributed by atoms with E-state index in [0.29, 0.717) is 40.1 Å². The van der Waals surface area contributed by atoms with Crippen molar-refractivity contribution in [2.45, 2.75) is 106 Å². The number of hydrogen-bond acceptors (Lipinski definition) is 11. The molecule has 0 spiro atoms. The number of aryl methyl sites for hydroxylation is 1. The van der Waals surface area contributed by atoms with Gasteiger partial charge in [-0.15, -0.1) is 5.10 Å². The molecule has 0 saturated heterocycles. The number of amides is 1. The summed E-state index contributed by atoms with van der Waals surface area (Å²) < 4.78 is 137. The van der Waals surface area contributed by atoms with Gasteiger partial charge in [-0.3, -0.25) is 19.5 Å². The SMILES string of the molecule is Cn1nc(Nc2nnc(C(C)(C)O)o2)c2c(Cl)ccc(-c3ccc(C#CC(C)(C)S(=O)(=O)C4CC4)nc3[C@H](Cc3cc(F)cc(F)c3)NC(=O)Cn3nc(C(F)(F)F)c4c3C(F)(F)[C@@H]3CC[C@H]43)c21. The van der Waals surface area contributed by atoms with E-state index in [9.17, 15) is 40.3 Å². The Balaban J connectivity index is 1.19. The normalized spacial score (nSPS) is 18.4. The molecule has 3 N–H and O–H groups in total. The number of hydrogen-bond donors (Lipinski definition) is 3. The largest absolute Gasteiger partial charge is 0.435 e. The Morgan fingerprint density at radius 1 is 1.00 bits per heavy atom. The first kappa shape index (κ1) is 47.0. The summed E-state index contributed by atoms with van der Waals surface area (Å²) in [4.78, 5) is 19.1. The monoisotopic (exact) mass is 987 g/mol. The number of benzene rings is 2. The van der Waals surface area contributed by atoms with E-state index in [1.165, 1.54) is 44.5 Å². The zero-order valence-electron chi connectivity index (χ0n) is 36.7. The van der Waals surface area contributed by atoms with Crippen molar-refractivity contribution in [2.75, 3.05) is 5.32 Å². The molecule has 4 aromatic heterocycles. The lowest BCUT2D eigenvalue weighted by Crippen LogP contribution is -2.36. The molecule has 23 heteroatoms. The van der Waals surface area contributed by atoms with Crippen molar-refractivity contribution < 1.29 is 53.5 Å². The number of anilines is 2. The van der Waals surface area contributed by atoms with Crippen molar-refractivity contribution >= 4 is 50.1 Å². The van der Waals surface area contributed by atoms with Gasteiger partial charge in [0.15, 0.2) is 21.3 Å². The van der Waals surface area contributed by atoms with Gasteiger partial charge < -0.3 is 14.8 Å². The van der Waals surface area contributed by atoms with E-state index in [4.69, 9.17) is 21.0 Å². The fourth-order valence-electron chi connectivity index (χ4n) is 8.94. The number of aliphatic hydroxyl groups is 1. The van der Waals surface area contributed by atoms with Crippen LogP contribution in [0.1, 0.15) is 105 Å². The first-order valence-corrected chi connectivity index (χ1v) is 23.2. The lowest BCUT2D eigenvalue weighted by atomic mass is 9.73. The standard InChI is InChI=1S/C45H41ClF7N9O5S/c1-42(2,68(65,66)25-7-8-25)15-14-24-6-9-26(27-11-13-30(46)34-36(27)61(5)60-39(34)56-41-58-57-40(67-41)43(3,4)64)35(54-24)31(18-21-16-22(47)19-23(48)17-21)55-32(63)20-62-38-33(37(59-62)45(51,52)53)28-10-12-29(28)44(38,49)50/h6,9,11,13,16-17,19,25,28-29,31,64H,7-8,10,12,18,20H2,1-5H3,(H,55,63)(H,56,58,60)/t28-,29+,31-/m0/s1. The fourth-order valence-corrected chi connectivity index (χ4v) is 11.0. The molecule has 3 aliphatic carbocycles. The molecule has 2 aromatic carbocycles. The molecule has 3 atom stereocenters. The van der Waals surface area contributed by atoms with Crippen molar-refractivity contribution in [3.8, 4) is 23.0 Å². The minimum atomic E-state index is -5.11. The molecule has 0 unspecified atom stereocenters. The zero-order valence-corrected chi connectivity index (χ0v) is 38.3. The Labute approximate surface area is 388 Å². The van der Waals surface area contributed by atoms with Gasteiger partial charge in [0.1, 0.15) is 39.9 Å². The predicted octanol–water partition coefficient (Wildman–Crippen LogP) is 8.54. The molecule has 2 fully saturated rings. The van der Waals surface area contributed by atoms with Crippen LogP contribution >= 0.6 is 11.6 Å². The van der Waals surface area contributed by atoms with Gasteiger partial charge in [0.25, 0.3) is 5.92 Å². The summed E-state index contributed by atoms with van der Waals surface area (Å²) in [5, 5.41) is 31.8. The molecule has 68 heavy (non-hydrogen) atoms. The van der Waals surface area contributed by atoms with Gasteiger partial charge >= 0.3 is 12.2 Å². The van der Waals surface area contributed by atoms with Gasteiger partial charge in [-0.05, 0) is 108 Å². The smallest absolute Gasteiger partial charge is 0.405 e. The number of carbonyl (C=O) groups is 1. The van der Waals surface area contributed by atoms with Crippen molar-refractivity contribution in [3.05, 3.63) is 98.9 Å². The highest BCUT2D eigenvalue weighted by Gasteiger charge is 2.63. The molecule has 358 valence electrons. The van der Waals surface area contributed by atoms with Crippen molar-refractivity contribution in [1.29, 1.82) is 0 Å². The number of pyridine rings is 1. The predicted molar refractivity (Wildman–Crippen MR) is 232 cm³/mol. The van der Waals surface area contributed by atoms with Crippen LogP contribution in [0.2, 0.25) is 5.02 Å². The van der Waals surface area contributed by atoms with Gasteiger partial charge in [0, 0.05) is 35.7 Å². The van der Waals surface area contributed by atoms with E-state index >= 15 is 8.78 Å². The molecule has 9 rings (SSSR count). The Morgan fingerprint density at radius 2 is 1.69 bits per heavy atom. The van der Waals surface area contributed by atoms with Crippen molar-refractivity contribution in [2.24, 2.45) is 13.0 Å². The summed E-state index contributed by atoms with van der Waals surface area (Å²) in [6, 6.07) is 7.13. The fraction of sp³-hybridized carbons (Fsp3) is 0.422. The minimum absolute atomic E-state index is 0.0149. The first-order chi connectivity index (χ1) is 31.7. The lowest BCUT2D eigenvalue weighted by molar-refractivity contribution is -0.144. The minimum Gasteiger partial charge on any atom is -0.405 e. The average molecular weight is 988 g/mol. The molecule has 0 aliphatic heterocycles. The summed E-state index contributed by atoms with van der Waals surface area (Å²) in [5.74, 6) is -3.65. The highest BCUT2D eigenvalue weighted by molar-refractivity contribution is 7.93. The van der Waals surface area contributed by atoms with Crippen LogP contribution in [0, 0.1) is 29.4 Å². The second kappa shape index (κ2) is 16.3. The van der Waals surface area contributed by atoms with Crippen LogP contribution in [-0.2, 0) is 52.3 Å². The third kappa shape index (κ3) is 8.35. The molecular weight excluding hydrogens is 947 g/mol. The molecule has 6 aromatic rings. The molecule has 0 bridgehead atoms. The van der Waals surface area contributed by atoms with Gasteiger partial charge in [0.05, 0.1) is 32.9 Å². The molecule has 1 amide bonds. The summed E-state index contributed by atoms with van der Waals surface area (Å²) in [7, 11) is -2.13. The maximum Gasteiger partial charge on any atom is 0.435 e. The van der Waals surface area contributed by atoms with Crippen LogP contribution in [-0.4, -0.2) is 64.2 Å². The average Bonchev–Trinajstić information content (AvgIpc) is 3.66. The van der Waals surface area contributed by atoms with E-state index in [0.717, 1.165) is 12.1 Å². The van der Waals surface area contributed by atoms with E-state index in [1.54, 1.807) is 19.2 Å². The number of sulfone groups is 1. The van der Waals surface area contributed by atoms with E-state index in [1.807, 2.05) is 0 Å². The van der Waals surface area contributed by atoms with Gasteiger partial charge in [-0.25, -0.2) is 22.2 Å². The number of fused-ring (bicyclic) bond motifs is 4. The Bertz CT molecular complexity index is 3200. The molecule has 4 heterocycles. The first-order valence-electron chi connectivity index (χ1n) is 21.3. The summed E-state index contributed by atoms with van der Waals surface area (Å²) in [6.45, 7) is 4.67. The van der Waals surface area contributed by atoms with E-state index < -0.39 is 103 Å². The van der Waals surface area contributed by atoms with Crippen LogP contribution in [0.15, 0.2) is 46.9 Å². The Morgan fingerprint density at radius 3 is 2.31 bits per heavy atom. The van der Waals surface area contributed by atoms with Crippen molar-refractivity contribution in [1.82, 2.24) is 40.1 Å². The van der Waals surface area contributed by atoms with Crippen LogP contribution < -0.4 is 10.6 Å². The van der Waals surface area contributed by atoms with E-state index in [-0.39, 0.29) is 58.1 Å².